The van der Waals surface area contributed by atoms with Gasteiger partial charge in [-0.2, -0.15) is 0 Å². The first-order valence-electron chi connectivity index (χ1n) is 8.66. The van der Waals surface area contributed by atoms with Gasteiger partial charge in [0.05, 0.1) is 17.9 Å². The molecule has 2 aromatic rings. The van der Waals surface area contributed by atoms with Crippen molar-refractivity contribution >= 4 is 23.0 Å². The molecule has 26 heavy (non-hydrogen) atoms. The second-order valence-electron chi connectivity index (χ2n) is 6.01. The number of amides is 1. The van der Waals surface area contributed by atoms with Gasteiger partial charge in [-0.1, -0.05) is 19.9 Å². The van der Waals surface area contributed by atoms with Crippen molar-refractivity contribution in [3.05, 3.63) is 57.9 Å². The minimum atomic E-state index is -0.587. The van der Waals surface area contributed by atoms with Crippen LogP contribution < -0.4 is 0 Å². The van der Waals surface area contributed by atoms with E-state index < -0.39 is 23.5 Å². The topological polar surface area (TPSA) is 74.0 Å². The lowest BCUT2D eigenvalue weighted by atomic mass is 10.0. The minimum absolute atomic E-state index is 0.0898. The third kappa shape index (κ3) is 3.32. The molecule has 2 aromatic heterocycles. The monoisotopic (exact) mass is 374 g/mol. The molecule has 0 bridgehead atoms. The lowest BCUT2D eigenvalue weighted by molar-refractivity contribution is -0.129. The van der Waals surface area contributed by atoms with Crippen LogP contribution in [0.5, 0.6) is 0 Å². The molecule has 1 amide bonds. The van der Waals surface area contributed by atoms with Crippen molar-refractivity contribution in [2.75, 3.05) is 26.2 Å². The highest BCUT2D eigenvalue weighted by molar-refractivity contribution is 7.10. The lowest BCUT2D eigenvalue weighted by Crippen LogP contribution is -2.38. The zero-order chi connectivity index (χ0) is 18.7. The van der Waals surface area contributed by atoms with Crippen molar-refractivity contribution in [3.63, 3.8) is 0 Å². The van der Waals surface area contributed by atoms with Gasteiger partial charge in [-0.05, 0) is 36.7 Å². The van der Waals surface area contributed by atoms with E-state index in [-0.39, 0.29) is 11.3 Å². The van der Waals surface area contributed by atoms with E-state index in [1.54, 1.807) is 11.0 Å². The quantitative estimate of drug-likeness (QED) is 0.718. The molecule has 1 atom stereocenters. The standard InChI is InChI=1S/C19H22N2O4S/c1-3-20(4-2)9-10-21-16(14-8-6-12-26-14)15(18(23)19(21)24)17(22)13-7-5-11-25-13/h5-8,11-12,16,23H,3-4,9-10H2,1-2H3/t16-/m0/s1. The summed E-state index contributed by atoms with van der Waals surface area (Å²) in [5, 5.41) is 12.4. The van der Waals surface area contributed by atoms with Crippen molar-refractivity contribution in [3.8, 4) is 0 Å². The van der Waals surface area contributed by atoms with E-state index in [4.69, 9.17) is 4.42 Å². The average molecular weight is 374 g/mol. The van der Waals surface area contributed by atoms with Crippen LogP contribution in [0.3, 0.4) is 0 Å². The zero-order valence-corrected chi connectivity index (χ0v) is 15.7. The number of likely N-dealkylation sites (N-methyl/N-ethyl adjacent to an activating group) is 1. The van der Waals surface area contributed by atoms with Crippen LogP contribution in [0.25, 0.3) is 0 Å². The van der Waals surface area contributed by atoms with Gasteiger partial charge >= 0.3 is 0 Å². The predicted molar refractivity (Wildman–Crippen MR) is 99.3 cm³/mol. The molecule has 0 aromatic carbocycles. The Morgan fingerprint density at radius 3 is 2.65 bits per heavy atom. The molecule has 1 N–H and O–H groups in total. The predicted octanol–water partition coefficient (Wildman–Crippen LogP) is 3.26. The second-order valence-corrected chi connectivity index (χ2v) is 6.99. The molecule has 3 heterocycles. The number of hydrogen-bond acceptors (Lipinski definition) is 6. The molecule has 0 fully saturated rings. The lowest BCUT2D eigenvalue weighted by Gasteiger charge is -2.28. The summed E-state index contributed by atoms with van der Waals surface area (Å²) in [7, 11) is 0. The van der Waals surface area contributed by atoms with Crippen molar-refractivity contribution < 1.29 is 19.1 Å². The van der Waals surface area contributed by atoms with E-state index in [9.17, 15) is 14.7 Å². The average Bonchev–Trinajstić information content (AvgIpc) is 3.39. The van der Waals surface area contributed by atoms with Crippen LogP contribution in [-0.2, 0) is 4.79 Å². The number of ketones is 1. The first-order chi connectivity index (χ1) is 12.6. The highest BCUT2D eigenvalue weighted by Gasteiger charge is 2.44. The van der Waals surface area contributed by atoms with E-state index >= 15 is 0 Å². The maximum atomic E-state index is 12.9. The fourth-order valence-electron chi connectivity index (χ4n) is 3.19. The normalized spacial score (nSPS) is 17.6. The number of aliphatic hydroxyl groups excluding tert-OH is 1. The number of thiophene rings is 1. The molecule has 1 aliphatic rings. The van der Waals surface area contributed by atoms with E-state index in [1.165, 1.54) is 23.7 Å². The molecule has 0 saturated heterocycles. The molecular formula is C19H22N2O4S. The van der Waals surface area contributed by atoms with Gasteiger partial charge in [0.25, 0.3) is 5.91 Å². The molecule has 7 heteroatoms. The van der Waals surface area contributed by atoms with Crippen LogP contribution in [-0.4, -0.2) is 52.8 Å². The molecular weight excluding hydrogens is 352 g/mol. The molecule has 0 saturated carbocycles. The number of aliphatic hydroxyl groups is 1. The fourth-order valence-corrected chi connectivity index (χ4v) is 4.03. The Kier molecular flexibility index (Phi) is 5.58. The third-order valence-corrected chi connectivity index (χ3v) is 5.58. The molecule has 0 aliphatic carbocycles. The van der Waals surface area contributed by atoms with E-state index in [2.05, 4.69) is 18.7 Å². The summed E-state index contributed by atoms with van der Waals surface area (Å²) >= 11 is 1.46. The van der Waals surface area contributed by atoms with Crippen LogP contribution in [0, 0.1) is 0 Å². The largest absolute Gasteiger partial charge is 0.503 e. The van der Waals surface area contributed by atoms with Crippen molar-refractivity contribution in [1.82, 2.24) is 9.80 Å². The molecule has 138 valence electrons. The molecule has 1 aliphatic heterocycles. The second kappa shape index (κ2) is 7.88. The molecule has 0 unspecified atom stereocenters. The Bertz CT molecular complexity index is 792. The summed E-state index contributed by atoms with van der Waals surface area (Å²) in [5.41, 5.74) is 0.0898. The molecule has 6 nitrogen and oxygen atoms in total. The highest BCUT2D eigenvalue weighted by Crippen LogP contribution is 2.40. The maximum absolute atomic E-state index is 12.9. The third-order valence-electron chi connectivity index (χ3n) is 4.66. The van der Waals surface area contributed by atoms with Crippen molar-refractivity contribution in [2.24, 2.45) is 0 Å². The SMILES string of the molecule is CCN(CC)CCN1C(=O)C(O)=C(C(=O)c2ccco2)[C@@H]1c1cccs1. The Morgan fingerprint density at radius 2 is 2.08 bits per heavy atom. The molecule has 0 radical (unpaired) electrons. The number of carbonyl (C=O) groups excluding carboxylic acids is 2. The van der Waals surface area contributed by atoms with Gasteiger partial charge in [-0.3, -0.25) is 9.59 Å². The Balaban J connectivity index is 1.94. The number of carbonyl (C=O) groups is 2. The number of Topliss-reactive ketones (excluding diaryl/α,β-unsaturated/α-hetero) is 1. The summed E-state index contributed by atoms with van der Waals surface area (Å²) in [5.74, 6) is -1.33. The number of rotatable bonds is 8. The summed E-state index contributed by atoms with van der Waals surface area (Å²) in [6, 6.07) is 6.31. The van der Waals surface area contributed by atoms with Gasteiger partial charge in [0.2, 0.25) is 5.78 Å². The van der Waals surface area contributed by atoms with E-state index in [0.717, 1.165) is 18.0 Å². The zero-order valence-electron chi connectivity index (χ0n) is 14.8. The summed E-state index contributed by atoms with van der Waals surface area (Å²) in [4.78, 5) is 30.2. The minimum Gasteiger partial charge on any atom is -0.503 e. The van der Waals surface area contributed by atoms with Crippen molar-refractivity contribution in [1.29, 1.82) is 0 Å². The van der Waals surface area contributed by atoms with Crippen LogP contribution in [0.4, 0.5) is 0 Å². The fraction of sp³-hybridized carbons (Fsp3) is 0.368. The first-order valence-corrected chi connectivity index (χ1v) is 9.54. The van der Waals surface area contributed by atoms with Gasteiger partial charge in [0.1, 0.15) is 0 Å². The number of nitrogens with zero attached hydrogens (tertiary/aromatic N) is 2. The van der Waals surface area contributed by atoms with E-state index in [1.807, 2.05) is 17.5 Å². The number of hydrogen-bond donors (Lipinski definition) is 1. The summed E-state index contributed by atoms with van der Waals surface area (Å²) in [6.07, 6.45) is 1.40. The van der Waals surface area contributed by atoms with Gasteiger partial charge < -0.3 is 19.3 Å². The Labute approximate surface area is 156 Å². The Morgan fingerprint density at radius 1 is 1.31 bits per heavy atom. The van der Waals surface area contributed by atoms with Crippen molar-refractivity contribution in [2.45, 2.75) is 19.9 Å². The van der Waals surface area contributed by atoms with Crippen LogP contribution in [0.1, 0.15) is 35.3 Å². The highest BCUT2D eigenvalue weighted by atomic mass is 32.1. The maximum Gasteiger partial charge on any atom is 0.290 e. The van der Waals surface area contributed by atoms with Gasteiger partial charge in [-0.15, -0.1) is 11.3 Å². The number of furan rings is 1. The van der Waals surface area contributed by atoms with Crippen LogP contribution >= 0.6 is 11.3 Å². The first kappa shape index (κ1) is 18.4. The van der Waals surface area contributed by atoms with Gasteiger partial charge in [0, 0.05) is 18.0 Å². The van der Waals surface area contributed by atoms with E-state index in [0.29, 0.717) is 13.1 Å². The van der Waals surface area contributed by atoms with Crippen LogP contribution in [0.2, 0.25) is 0 Å². The van der Waals surface area contributed by atoms with Gasteiger partial charge in [-0.25, -0.2) is 0 Å². The van der Waals surface area contributed by atoms with Crippen LogP contribution in [0.15, 0.2) is 51.7 Å². The summed E-state index contributed by atoms with van der Waals surface area (Å²) in [6.45, 7) is 6.99. The molecule has 3 rings (SSSR count). The summed E-state index contributed by atoms with van der Waals surface area (Å²) < 4.78 is 5.20. The van der Waals surface area contributed by atoms with Gasteiger partial charge in [0.15, 0.2) is 11.5 Å². The molecule has 0 spiro atoms. The Hall–Kier alpha value is -2.38. The smallest absolute Gasteiger partial charge is 0.290 e.